The van der Waals surface area contributed by atoms with Gasteiger partial charge in [-0.25, -0.2) is 4.98 Å². The maximum Gasteiger partial charge on any atom is 0.273 e. The van der Waals surface area contributed by atoms with E-state index in [1.54, 1.807) is 19.2 Å². The number of carbonyl (C=O) groups excluding carboxylic acids is 2. The number of ether oxygens (including phenoxy) is 1. The molecule has 0 unspecified atom stereocenters. The van der Waals surface area contributed by atoms with Crippen molar-refractivity contribution in [2.75, 3.05) is 7.11 Å². The Morgan fingerprint density at radius 3 is 2.69 bits per heavy atom. The van der Waals surface area contributed by atoms with E-state index in [0.717, 1.165) is 27.4 Å². The highest BCUT2D eigenvalue weighted by atomic mass is 32.1. The normalized spacial score (nSPS) is 10.7. The summed E-state index contributed by atoms with van der Waals surface area (Å²) in [6.45, 7) is 0.126. The van der Waals surface area contributed by atoms with Crippen LogP contribution >= 0.6 is 11.5 Å². The van der Waals surface area contributed by atoms with Gasteiger partial charge < -0.3 is 15.8 Å². The second-order valence-corrected chi connectivity index (χ2v) is 6.15. The number of primary amides is 1. The minimum absolute atomic E-state index is 0.0433. The first-order valence-electron chi connectivity index (χ1n) is 7.54. The molecule has 3 aromatic rings. The summed E-state index contributed by atoms with van der Waals surface area (Å²) in [5, 5.41) is 2.73. The van der Waals surface area contributed by atoms with Crippen molar-refractivity contribution in [2.24, 2.45) is 5.73 Å². The fourth-order valence-corrected chi connectivity index (χ4v) is 3.07. The summed E-state index contributed by atoms with van der Waals surface area (Å²) in [7, 11) is 1.58. The average Bonchev–Trinajstić information content (AvgIpc) is 3.08. The predicted molar refractivity (Wildman–Crippen MR) is 95.0 cm³/mol. The third kappa shape index (κ3) is 3.54. The molecule has 0 saturated heterocycles. The lowest BCUT2D eigenvalue weighted by molar-refractivity contribution is -0.121. The van der Waals surface area contributed by atoms with Crippen molar-refractivity contribution in [3.05, 3.63) is 52.2 Å². The third-order valence-corrected chi connectivity index (χ3v) is 4.47. The molecule has 0 spiro atoms. The first-order valence-corrected chi connectivity index (χ1v) is 8.31. The number of rotatable bonds is 6. The number of amides is 2. The van der Waals surface area contributed by atoms with Crippen molar-refractivity contribution in [2.45, 2.75) is 13.1 Å². The smallest absolute Gasteiger partial charge is 0.273 e. The highest BCUT2D eigenvalue weighted by Gasteiger charge is 2.17. The molecule has 26 heavy (non-hydrogen) atoms. The lowest BCUT2D eigenvalue weighted by atomic mass is 10.2. The summed E-state index contributed by atoms with van der Waals surface area (Å²) >= 11 is 0.834. The van der Waals surface area contributed by atoms with Crippen LogP contribution in [0.5, 0.6) is 5.75 Å². The van der Waals surface area contributed by atoms with E-state index in [1.165, 1.54) is 6.33 Å². The van der Waals surface area contributed by atoms with Crippen LogP contribution in [0.4, 0.5) is 0 Å². The van der Waals surface area contributed by atoms with E-state index in [2.05, 4.69) is 14.7 Å². The van der Waals surface area contributed by atoms with Crippen LogP contribution in [-0.2, 0) is 17.9 Å². The molecule has 0 atom stereocenters. The van der Waals surface area contributed by atoms with Gasteiger partial charge in [0, 0.05) is 6.54 Å². The fourth-order valence-electron chi connectivity index (χ4n) is 2.28. The SMILES string of the molecule is COc1ccc(CNC(=O)Cn2cnc3c(C(N)=O)nsc3c2=O)cc1. The molecular weight excluding hydrogens is 358 g/mol. The molecule has 0 radical (unpaired) electrons. The Hall–Kier alpha value is -3.27. The molecule has 2 heterocycles. The topological polar surface area (TPSA) is 129 Å². The molecule has 0 aliphatic heterocycles. The molecule has 0 saturated carbocycles. The monoisotopic (exact) mass is 373 g/mol. The van der Waals surface area contributed by atoms with Gasteiger partial charge in [0.2, 0.25) is 5.91 Å². The van der Waals surface area contributed by atoms with Gasteiger partial charge in [-0.05, 0) is 29.2 Å². The highest BCUT2D eigenvalue weighted by Crippen LogP contribution is 2.16. The molecule has 134 valence electrons. The van der Waals surface area contributed by atoms with Crippen LogP contribution < -0.4 is 21.3 Å². The fraction of sp³-hybridized carbons (Fsp3) is 0.188. The Morgan fingerprint density at radius 2 is 2.04 bits per heavy atom. The molecule has 0 fully saturated rings. The standard InChI is InChI=1S/C16H15N5O4S/c1-25-10-4-2-9(3-5-10)6-18-11(22)7-21-8-19-12-13(15(17)23)20-26-14(12)16(21)24/h2-5,8H,6-7H2,1H3,(H2,17,23)(H,18,22). The maximum absolute atomic E-state index is 12.4. The third-order valence-electron chi connectivity index (χ3n) is 3.64. The number of hydrogen-bond acceptors (Lipinski definition) is 7. The van der Waals surface area contributed by atoms with Gasteiger partial charge in [-0.2, -0.15) is 4.37 Å². The summed E-state index contributed by atoms with van der Waals surface area (Å²) < 4.78 is 10.3. The van der Waals surface area contributed by atoms with Gasteiger partial charge in [-0.15, -0.1) is 0 Å². The Kier molecular flexibility index (Phi) is 4.94. The predicted octanol–water partition coefficient (Wildman–Crippen LogP) is 0.277. The minimum atomic E-state index is -0.752. The van der Waals surface area contributed by atoms with Crippen LogP contribution in [-0.4, -0.2) is 32.8 Å². The number of benzene rings is 1. The van der Waals surface area contributed by atoms with Crippen LogP contribution in [0.15, 0.2) is 35.4 Å². The Balaban J connectivity index is 1.69. The first kappa shape index (κ1) is 17.5. The van der Waals surface area contributed by atoms with E-state index < -0.39 is 11.5 Å². The van der Waals surface area contributed by atoms with Crippen molar-refractivity contribution in [1.82, 2.24) is 19.2 Å². The molecule has 9 nitrogen and oxygen atoms in total. The van der Waals surface area contributed by atoms with Crippen LogP contribution in [0, 0.1) is 0 Å². The number of hydrogen-bond donors (Lipinski definition) is 2. The van der Waals surface area contributed by atoms with E-state index >= 15 is 0 Å². The molecule has 0 aliphatic rings. The summed E-state index contributed by atoms with van der Waals surface area (Å²) in [6, 6.07) is 7.26. The Bertz CT molecular complexity index is 1030. The number of carbonyl (C=O) groups is 2. The van der Waals surface area contributed by atoms with Gasteiger partial charge in [0.15, 0.2) is 5.69 Å². The highest BCUT2D eigenvalue weighted by molar-refractivity contribution is 7.13. The van der Waals surface area contributed by atoms with Crippen molar-refractivity contribution in [1.29, 1.82) is 0 Å². The molecule has 1 aromatic carbocycles. The van der Waals surface area contributed by atoms with Crippen molar-refractivity contribution < 1.29 is 14.3 Å². The first-order chi connectivity index (χ1) is 12.5. The second kappa shape index (κ2) is 7.31. The summed E-state index contributed by atoms with van der Waals surface area (Å²) in [5.41, 5.74) is 5.75. The van der Waals surface area contributed by atoms with Crippen LogP contribution in [0.1, 0.15) is 16.1 Å². The van der Waals surface area contributed by atoms with Gasteiger partial charge in [0.25, 0.3) is 11.5 Å². The molecule has 0 aliphatic carbocycles. The zero-order valence-electron chi connectivity index (χ0n) is 13.8. The lowest BCUT2D eigenvalue weighted by Crippen LogP contribution is -2.32. The summed E-state index contributed by atoms with van der Waals surface area (Å²) in [5.74, 6) is -0.368. The average molecular weight is 373 g/mol. The van der Waals surface area contributed by atoms with Gasteiger partial charge in [0.1, 0.15) is 22.5 Å². The number of nitrogens with one attached hydrogen (secondary N) is 1. The number of methoxy groups -OCH3 is 1. The van der Waals surface area contributed by atoms with Crippen molar-refractivity contribution >= 4 is 33.6 Å². The van der Waals surface area contributed by atoms with Crippen LogP contribution in [0.25, 0.3) is 10.2 Å². The van der Waals surface area contributed by atoms with E-state index in [-0.39, 0.29) is 28.4 Å². The Morgan fingerprint density at radius 1 is 1.31 bits per heavy atom. The molecule has 2 amide bonds. The summed E-state index contributed by atoms with van der Waals surface area (Å²) in [6.07, 6.45) is 1.21. The van der Waals surface area contributed by atoms with Gasteiger partial charge >= 0.3 is 0 Å². The quantitative estimate of drug-likeness (QED) is 0.638. The Labute approximate surface area is 151 Å². The minimum Gasteiger partial charge on any atom is -0.497 e. The zero-order valence-corrected chi connectivity index (χ0v) is 14.6. The van der Waals surface area contributed by atoms with Gasteiger partial charge in [0.05, 0.1) is 13.4 Å². The molecule has 0 bridgehead atoms. The van der Waals surface area contributed by atoms with Crippen molar-refractivity contribution in [3.63, 3.8) is 0 Å². The molecule has 2 aromatic heterocycles. The zero-order chi connectivity index (χ0) is 18.7. The van der Waals surface area contributed by atoms with E-state index in [9.17, 15) is 14.4 Å². The van der Waals surface area contributed by atoms with Crippen molar-refractivity contribution in [3.8, 4) is 5.75 Å². The number of nitrogens with zero attached hydrogens (tertiary/aromatic N) is 3. The molecule has 3 N–H and O–H groups in total. The van der Waals surface area contributed by atoms with E-state index in [0.29, 0.717) is 6.54 Å². The van der Waals surface area contributed by atoms with Gasteiger partial charge in [-0.1, -0.05) is 12.1 Å². The van der Waals surface area contributed by atoms with Crippen LogP contribution in [0.2, 0.25) is 0 Å². The largest absolute Gasteiger partial charge is 0.497 e. The van der Waals surface area contributed by atoms with E-state index in [1.807, 2.05) is 12.1 Å². The van der Waals surface area contributed by atoms with Gasteiger partial charge in [-0.3, -0.25) is 19.0 Å². The number of nitrogens with two attached hydrogens (primary N) is 1. The maximum atomic E-state index is 12.4. The molecule has 3 rings (SSSR count). The summed E-state index contributed by atoms with van der Waals surface area (Å²) in [4.78, 5) is 39.8. The van der Waals surface area contributed by atoms with E-state index in [4.69, 9.17) is 10.5 Å². The second-order valence-electron chi connectivity index (χ2n) is 5.38. The number of fused-ring (bicyclic) bond motifs is 1. The molecular formula is C16H15N5O4S. The number of aromatic nitrogens is 3. The lowest BCUT2D eigenvalue weighted by Gasteiger charge is -2.08. The van der Waals surface area contributed by atoms with Crippen LogP contribution in [0.3, 0.4) is 0 Å². The molecule has 10 heteroatoms.